The van der Waals surface area contributed by atoms with Crippen LogP contribution in [0.2, 0.25) is 0 Å². The number of rotatable bonds is 1. The molecule has 0 aliphatic heterocycles. The largest absolute Gasteiger partial charge is 0.398 e. The first-order valence-corrected chi connectivity index (χ1v) is 7.37. The summed E-state index contributed by atoms with van der Waals surface area (Å²) < 4.78 is 14.2. The fraction of sp³-hybridized carbons (Fsp3) is 0. The second-order valence-electron chi connectivity index (χ2n) is 4.92. The van der Waals surface area contributed by atoms with E-state index in [-0.39, 0.29) is 5.82 Å². The Hall–Kier alpha value is -2.46. The van der Waals surface area contributed by atoms with Gasteiger partial charge in [-0.05, 0) is 35.0 Å². The molecule has 1 heterocycles. The third-order valence-electron chi connectivity index (χ3n) is 3.50. The average molecular weight is 294 g/mol. The summed E-state index contributed by atoms with van der Waals surface area (Å²) in [6.45, 7) is 0. The Balaban J connectivity index is 1.96. The van der Waals surface area contributed by atoms with Gasteiger partial charge in [0.1, 0.15) is 10.8 Å². The van der Waals surface area contributed by atoms with Crippen molar-refractivity contribution in [2.24, 2.45) is 0 Å². The average Bonchev–Trinajstić information content (AvgIpc) is 2.89. The van der Waals surface area contributed by atoms with E-state index in [4.69, 9.17) is 5.73 Å². The molecule has 0 radical (unpaired) electrons. The van der Waals surface area contributed by atoms with Crippen molar-refractivity contribution >= 4 is 38.0 Å². The lowest BCUT2D eigenvalue weighted by atomic mass is 10.1. The van der Waals surface area contributed by atoms with Crippen molar-refractivity contribution < 1.29 is 4.39 Å². The third-order valence-corrected chi connectivity index (χ3v) is 4.57. The molecule has 102 valence electrons. The SMILES string of the molecule is Nc1cc2ccccc2cc1-c1nc2cc(F)ccc2s1. The van der Waals surface area contributed by atoms with Gasteiger partial charge in [0.05, 0.1) is 10.2 Å². The minimum Gasteiger partial charge on any atom is -0.398 e. The van der Waals surface area contributed by atoms with E-state index in [1.165, 1.54) is 23.5 Å². The number of anilines is 1. The number of nitrogen functional groups attached to an aromatic ring is 1. The molecule has 0 aliphatic carbocycles. The van der Waals surface area contributed by atoms with Gasteiger partial charge in [-0.3, -0.25) is 0 Å². The van der Waals surface area contributed by atoms with Crippen LogP contribution in [0.5, 0.6) is 0 Å². The van der Waals surface area contributed by atoms with Crippen LogP contribution < -0.4 is 5.73 Å². The van der Waals surface area contributed by atoms with Crippen molar-refractivity contribution in [1.82, 2.24) is 4.98 Å². The van der Waals surface area contributed by atoms with Crippen molar-refractivity contribution in [2.45, 2.75) is 0 Å². The maximum atomic E-state index is 13.3. The first-order chi connectivity index (χ1) is 10.2. The van der Waals surface area contributed by atoms with E-state index in [9.17, 15) is 4.39 Å². The minimum atomic E-state index is -0.272. The van der Waals surface area contributed by atoms with Crippen LogP contribution in [0, 0.1) is 5.82 Å². The molecule has 0 atom stereocenters. The summed E-state index contributed by atoms with van der Waals surface area (Å²) in [7, 11) is 0. The molecule has 0 aliphatic rings. The van der Waals surface area contributed by atoms with Gasteiger partial charge in [0.15, 0.2) is 0 Å². The molecule has 0 saturated carbocycles. The Labute approximate surface area is 124 Å². The number of nitrogens with zero attached hydrogens (tertiary/aromatic N) is 1. The monoisotopic (exact) mass is 294 g/mol. The Bertz CT molecular complexity index is 975. The Morgan fingerprint density at radius 1 is 0.952 bits per heavy atom. The summed E-state index contributed by atoms with van der Waals surface area (Å²) >= 11 is 1.52. The normalized spacial score (nSPS) is 11.3. The number of halogens is 1. The lowest BCUT2D eigenvalue weighted by molar-refractivity contribution is 0.629. The molecule has 4 heteroatoms. The number of thiazole rings is 1. The first kappa shape index (κ1) is 12.3. The molecule has 1 aromatic heterocycles. The molecule has 0 amide bonds. The molecule has 4 aromatic rings. The molecule has 0 fully saturated rings. The van der Waals surface area contributed by atoms with Crippen LogP contribution in [0.3, 0.4) is 0 Å². The summed E-state index contributed by atoms with van der Waals surface area (Å²) in [5, 5.41) is 3.04. The van der Waals surface area contributed by atoms with Crippen molar-refractivity contribution in [2.75, 3.05) is 5.73 Å². The van der Waals surface area contributed by atoms with E-state index in [1.54, 1.807) is 6.07 Å². The highest BCUT2D eigenvalue weighted by Gasteiger charge is 2.11. The zero-order valence-electron chi connectivity index (χ0n) is 11.0. The fourth-order valence-electron chi connectivity index (χ4n) is 2.46. The maximum absolute atomic E-state index is 13.3. The third kappa shape index (κ3) is 2.04. The lowest BCUT2D eigenvalue weighted by Gasteiger charge is -2.05. The highest BCUT2D eigenvalue weighted by Crippen LogP contribution is 2.35. The number of hydrogen-bond acceptors (Lipinski definition) is 3. The van der Waals surface area contributed by atoms with Crippen LogP contribution in [0.4, 0.5) is 10.1 Å². The number of hydrogen-bond donors (Lipinski definition) is 1. The van der Waals surface area contributed by atoms with Crippen molar-refractivity contribution in [3.8, 4) is 10.6 Å². The Kier molecular flexibility index (Phi) is 2.65. The molecular weight excluding hydrogens is 283 g/mol. The van der Waals surface area contributed by atoms with E-state index in [0.29, 0.717) is 11.2 Å². The van der Waals surface area contributed by atoms with Gasteiger partial charge in [0.2, 0.25) is 0 Å². The zero-order chi connectivity index (χ0) is 14.4. The highest BCUT2D eigenvalue weighted by atomic mass is 32.1. The zero-order valence-corrected chi connectivity index (χ0v) is 11.8. The molecule has 4 rings (SSSR count). The van der Waals surface area contributed by atoms with E-state index < -0.39 is 0 Å². The summed E-state index contributed by atoms with van der Waals surface area (Å²) in [5.74, 6) is -0.272. The summed E-state index contributed by atoms with van der Waals surface area (Å²) in [6.07, 6.45) is 0. The highest BCUT2D eigenvalue weighted by molar-refractivity contribution is 7.21. The van der Waals surface area contributed by atoms with Crippen LogP contribution in [0.25, 0.3) is 31.6 Å². The number of fused-ring (bicyclic) bond motifs is 2. The molecule has 2 nitrogen and oxygen atoms in total. The van der Waals surface area contributed by atoms with Crippen LogP contribution in [-0.4, -0.2) is 4.98 Å². The predicted molar refractivity (Wildman–Crippen MR) is 86.9 cm³/mol. The lowest BCUT2D eigenvalue weighted by Crippen LogP contribution is -1.90. The molecule has 2 N–H and O–H groups in total. The molecule has 0 bridgehead atoms. The van der Waals surface area contributed by atoms with Gasteiger partial charge in [0.25, 0.3) is 0 Å². The molecule has 0 saturated heterocycles. The Morgan fingerprint density at radius 2 is 1.71 bits per heavy atom. The van der Waals surface area contributed by atoms with Crippen LogP contribution in [-0.2, 0) is 0 Å². The minimum absolute atomic E-state index is 0.272. The fourth-order valence-corrected chi connectivity index (χ4v) is 3.44. The van der Waals surface area contributed by atoms with Crippen LogP contribution in [0.1, 0.15) is 0 Å². The molecule has 0 spiro atoms. The van der Waals surface area contributed by atoms with E-state index in [2.05, 4.69) is 4.98 Å². The van der Waals surface area contributed by atoms with Gasteiger partial charge < -0.3 is 5.73 Å². The summed E-state index contributed by atoms with van der Waals surface area (Å²) in [4.78, 5) is 4.51. The standard InChI is InChI=1S/C17H11FN2S/c18-12-5-6-16-15(9-12)20-17(21-16)13-7-10-3-1-2-4-11(10)8-14(13)19/h1-9H,19H2. The number of aromatic nitrogens is 1. The van der Waals surface area contributed by atoms with Gasteiger partial charge in [-0.1, -0.05) is 24.3 Å². The number of nitrogens with two attached hydrogens (primary N) is 1. The first-order valence-electron chi connectivity index (χ1n) is 6.55. The molecule has 21 heavy (non-hydrogen) atoms. The van der Waals surface area contributed by atoms with E-state index >= 15 is 0 Å². The quantitative estimate of drug-likeness (QED) is 0.510. The van der Waals surface area contributed by atoms with Crippen molar-refractivity contribution in [3.63, 3.8) is 0 Å². The van der Waals surface area contributed by atoms with Crippen LogP contribution in [0.15, 0.2) is 54.6 Å². The van der Waals surface area contributed by atoms with Gasteiger partial charge in [-0.25, -0.2) is 9.37 Å². The molecule has 0 unspecified atom stereocenters. The number of benzene rings is 3. The second kappa shape index (κ2) is 4.53. The summed E-state index contributed by atoms with van der Waals surface area (Å²) in [6, 6.07) is 16.7. The van der Waals surface area contributed by atoms with E-state index in [0.717, 1.165) is 26.0 Å². The molecular formula is C17H11FN2S. The molecule has 3 aromatic carbocycles. The Morgan fingerprint density at radius 3 is 2.52 bits per heavy atom. The van der Waals surface area contributed by atoms with Crippen LogP contribution >= 0.6 is 11.3 Å². The van der Waals surface area contributed by atoms with Crippen molar-refractivity contribution in [3.05, 3.63) is 60.4 Å². The summed E-state index contributed by atoms with van der Waals surface area (Å²) in [5.41, 5.74) is 8.42. The van der Waals surface area contributed by atoms with Gasteiger partial charge >= 0.3 is 0 Å². The van der Waals surface area contributed by atoms with Gasteiger partial charge in [0, 0.05) is 17.3 Å². The van der Waals surface area contributed by atoms with Gasteiger partial charge in [-0.15, -0.1) is 11.3 Å². The van der Waals surface area contributed by atoms with Gasteiger partial charge in [-0.2, -0.15) is 0 Å². The van der Waals surface area contributed by atoms with E-state index in [1.807, 2.05) is 36.4 Å². The maximum Gasteiger partial charge on any atom is 0.126 e. The van der Waals surface area contributed by atoms with Crippen molar-refractivity contribution in [1.29, 1.82) is 0 Å². The second-order valence-corrected chi connectivity index (χ2v) is 5.95. The predicted octanol–water partition coefficient (Wildman–Crippen LogP) is 4.84. The topological polar surface area (TPSA) is 38.9 Å². The smallest absolute Gasteiger partial charge is 0.126 e.